The van der Waals surface area contributed by atoms with Crippen molar-refractivity contribution >= 4 is 44.8 Å². The van der Waals surface area contributed by atoms with Crippen molar-refractivity contribution in [2.75, 3.05) is 23.7 Å². The van der Waals surface area contributed by atoms with E-state index < -0.39 is 10.0 Å². The number of hydrogen-bond donors (Lipinski definition) is 1. The van der Waals surface area contributed by atoms with Crippen molar-refractivity contribution in [1.29, 1.82) is 0 Å². The maximum atomic E-state index is 12.0. The number of pyridine rings is 1. The van der Waals surface area contributed by atoms with Crippen molar-refractivity contribution in [3.63, 3.8) is 0 Å². The quantitative estimate of drug-likeness (QED) is 0.825. The second-order valence-corrected chi connectivity index (χ2v) is 7.60. The zero-order valence-corrected chi connectivity index (χ0v) is 15.1. The topological polar surface area (TPSA) is 79.4 Å². The zero-order chi connectivity index (χ0) is 17.7. The number of amides is 1. The normalized spacial score (nSPS) is 11.1. The van der Waals surface area contributed by atoms with Crippen LogP contribution in [0.15, 0.2) is 42.7 Å². The Morgan fingerprint density at radius 2 is 2.00 bits per heavy atom. The molecule has 0 saturated carbocycles. The van der Waals surface area contributed by atoms with Gasteiger partial charge in [-0.1, -0.05) is 29.3 Å². The maximum Gasteiger partial charge on any atom is 0.252 e. The Balaban J connectivity index is 2.11. The molecule has 0 unspecified atom stereocenters. The highest BCUT2D eigenvalue weighted by Gasteiger charge is 2.21. The van der Waals surface area contributed by atoms with Gasteiger partial charge in [0.1, 0.15) is 0 Å². The van der Waals surface area contributed by atoms with E-state index in [1.807, 2.05) is 0 Å². The van der Waals surface area contributed by atoms with Crippen molar-refractivity contribution in [1.82, 2.24) is 10.3 Å². The average Bonchev–Trinajstić information content (AvgIpc) is 2.54. The predicted octanol–water partition coefficient (Wildman–Crippen LogP) is 2.58. The number of halogens is 2. The molecule has 6 nitrogen and oxygen atoms in total. The van der Waals surface area contributed by atoms with Gasteiger partial charge in [-0.15, -0.1) is 0 Å². The summed E-state index contributed by atoms with van der Waals surface area (Å²) in [6.45, 7) is 0.120. The van der Waals surface area contributed by atoms with Gasteiger partial charge in [0.25, 0.3) is 5.91 Å². The van der Waals surface area contributed by atoms with Gasteiger partial charge in [0.05, 0.1) is 34.1 Å². The molecule has 0 fully saturated rings. The third kappa shape index (κ3) is 4.59. The number of carbonyl (C=O) groups is 1. The number of benzene rings is 1. The van der Waals surface area contributed by atoms with Crippen LogP contribution in [0.2, 0.25) is 10.0 Å². The first kappa shape index (κ1) is 18.5. The minimum absolute atomic E-state index is 0.0187. The largest absolute Gasteiger partial charge is 0.350 e. The van der Waals surface area contributed by atoms with E-state index in [0.29, 0.717) is 5.56 Å². The van der Waals surface area contributed by atoms with Gasteiger partial charge in [-0.25, -0.2) is 8.42 Å². The summed E-state index contributed by atoms with van der Waals surface area (Å²) in [5, 5.41) is 3.04. The molecule has 0 aliphatic rings. The summed E-state index contributed by atoms with van der Waals surface area (Å²) >= 11 is 12.0. The number of nitrogens with zero attached hydrogens (tertiary/aromatic N) is 2. The Morgan fingerprint density at radius 1 is 1.25 bits per heavy atom. The Kier molecular flexibility index (Phi) is 6.04. The lowest BCUT2D eigenvalue weighted by Gasteiger charge is -2.24. The molecule has 0 saturated heterocycles. The molecule has 1 amide bonds. The van der Waals surface area contributed by atoms with Gasteiger partial charge in [0.15, 0.2) is 0 Å². The number of aromatic nitrogens is 1. The highest BCUT2D eigenvalue weighted by atomic mass is 35.5. The van der Waals surface area contributed by atoms with Crippen LogP contribution in [0.5, 0.6) is 0 Å². The van der Waals surface area contributed by atoms with Gasteiger partial charge in [-0.05, 0) is 24.3 Å². The molecule has 0 aliphatic heterocycles. The number of carbonyl (C=O) groups excluding carboxylic acids is 1. The number of nitrogens with one attached hydrogen (secondary N) is 1. The zero-order valence-electron chi connectivity index (χ0n) is 12.7. The van der Waals surface area contributed by atoms with Gasteiger partial charge in [0, 0.05) is 18.9 Å². The van der Waals surface area contributed by atoms with Gasteiger partial charge in [-0.3, -0.25) is 14.1 Å². The summed E-state index contributed by atoms with van der Waals surface area (Å²) in [5.41, 5.74) is 0.659. The van der Waals surface area contributed by atoms with Crippen LogP contribution in [0.3, 0.4) is 0 Å². The fourth-order valence-corrected chi connectivity index (χ4v) is 3.40. The van der Waals surface area contributed by atoms with E-state index >= 15 is 0 Å². The highest BCUT2D eigenvalue weighted by Crippen LogP contribution is 2.33. The van der Waals surface area contributed by atoms with Crippen molar-refractivity contribution in [3.05, 3.63) is 58.3 Å². The van der Waals surface area contributed by atoms with Crippen LogP contribution in [0, 0.1) is 0 Å². The van der Waals surface area contributed by atoms with E-state index in [1.54, 1.807) is 36.5 Å². The summed E-state index contributed by atoms with van der Waals surface area (Å²) in [4.78, 5) is 15.8. The van der Waals surface area contributed by atoms with E-state index in [-0.39, 0.29) is 34.7 Å². The minimum Gasteiger partial charge on any atom is -0.350 e. The molecule has 1 aromatic carbocycles. The third-order valence-electron chi connectivity index (χ3n) is 3.12. The number of sulfonamides is 1. The minimum atomic E-state index is -3.59. The van der Waals surface area contributed by atoms with E-state index in [9.17, 15) is 13.2 Å². The Labute approximate surface area is 150 Å². The van der Waals surface area contributed by atoms with Crippen LogP contribution in [-0.4, -0.2) is 38.7 Å². The molecule has 1 N–H and O–H groups in total. The first-order chi connectivity index (χ1) is 11.3. The molecule has 0 aliphatic carbocycles. The van der Waals surface area contributed by atoms with Gasteiger partial charge in [0.2, 0.25) is 10.0 Å². The van der Waals surface area contributed by atoms with Gasteiger partial charge >= 0.3 is 0 Å². The smallest absolute Gasteiger partial charge is 0.252 e. The number of rotatable bonds is 6. The van der Waals surface area contributed by atoms with Crippen LogP contribution in [-0.2, 0) is 10.0 Å². The molecular weight excluding hydrogens is 373 g/mol. The van der Waals surface area contributed by atoms with Crippen LogP contribution in [0.25, 0.3) is 0 Å². The Bertz CT molecular complexity index is 829. The molecule has 1 heterocycles. The number of hydrogen-bond acceptors (Lipinski definition) is 4. The molecule has 128 valence electrons. The second kappa shape index (κ2) is 7.83. The van der Waals surface area contributed by atoms with E-state index in [0.717, 1.165) is 10.6 Å². The number of anilines is 1. The first-order valence-electron chi connectivity index (χ1n) is 6.90. The highest BCUT2D eigenvalue weighted by molar-refractivity contribution is 7.92. The summed E-state index contributed by atoms with van der Waals surface area (Å²) in [7, 11) is -3.59. The molecule has 0 spiro atoms. The van der Waals surface area contributed by atoms with Crippen LogP contribution < -0.4 is 9.62 Å². The molecular formula is C15H15Cl2N3O3S. The summed E-state index contributed by atoms with van der Waals surface area (Å²) < 4.78 is 25.2. The van der Waals surface area contributed by atoms with Gasteiger partial charge < -0.3 is 5.32 Å². The molecule has 9 heteroatoms. The van der Waals surface area contributed by atoms with Crippen LogP contribution in [0.1, 0.15) is 10.4 Å². The molecule has 24 heavy (non-hydrogen) atoms. The van der Waals surface area contributed by atoms with Crippen molar-refractivity contribution in [2.45, 2.75) is 0 Å². The van der Waals surface area contributed by atoms with Crippen molar-refractivity contribution < 1.29 is 13.2 Å². The summed E-state index contributed by atoms with van der Waals surface area (Å²) in [6, 6.07) is 7.99. The summed E-state index contributed by atoms with van der Waals surface area (Å²) in [5.74, 6) is -0.339. The monoisotopic (exact) mass is 387 g/mol. The lowest BCUT2D eigenvalue weighted by atomic mass is 10.2. The predicted molar refractivity (Wildman–Crippen MR) is 95.2 cm³/mol. The Hall–Kier alpha value is -1.83. The molecule has 0 radical (unpaired) electrons. The van der Waals surface area contributed by atoms with Crippen LogP contribution in [0.4, 0.5) is 5.69 Å². The van der Waals surface area contributed by atoms with E-state index in [2.05, 4.69) is 10.3 Å². The molecule has 0 atom stereocenters. The van der Waals surface area contributed by atoms with Crippen molar-refractivity contribution in [3.8, 4) is 0 Å². The maximum absolute atomic E-state index is 12.0. The van der Waals surface area contributed by atoms with E-state index in [1.165, 1.54) is 6.20 Å². The second-order valence-electron chi connectivity index (χ2n) is 4.91. The Morgan fingerprint density at radius 3 is 2.62 bits per heavy atom. The van der Waals surface area contributed by atoms with Crippen LogP contribution >= 0.6 is 23.2 Å². The third-order valence-corrected chi connectivity index (χ3v) is 5.11. The first-order valence-corrected chi connectivity index (χ1v) is 9.51. The lowest BCUT2D eigenvalue weighted by Crippen LogP contribution is -2.38. The van der Waals surface area contributed by atoms with Crippen molar-refractivity contribution in [2.24, 2.45) is 0 Å². The average molecular weight is 388 g/mol. The molecule has 1 aromatic heterocycles. The van der Waals surface area contributed by atoms with Gasteiger partial charge in [-0.2, -0.15) is 0 Å². The molecule has 2 rings (SSSR count). The molecule has 2 aromatic rings. The lowest BCUT2D eigenvalue weighted by molar-refractivity contribution is 0.0954. The fourth-order valence-electron chi connectivity index (χ4n) is 2.02. The van der Waals surface area contributed by atoms with E-state index in [4.69, 9.17) is 23.2 Å². The standard InChI is InChI=1S/C15H15Cl2N3O3S/c1-24(22,23)20(13-6-2-5-12(16)14(13)17)9-8-19-15(21)11-4-3-7-18-10-11/h2-7,10H,8-9H2,1H3,(H,19,21). The summed E-state index contributed by atoms with van der Waals surface area (Å²) in [6.07, 6.45) is 4.05. The fraction of sp³-hybridized carbons (Fsp3) is 0.200. The molecule has 0 bridgehead atoms. The SMILES string of the molecule is CS(=O)(=O)N(CCNC(=O)c1cccnc1)c1cccc(Cl)c1Cl.